The van der Waals surface area contributed by atoms with E-state index in [1.165, 1.54) is 0 Å². The zero-order valence-electron chi connectivity index (χ0n) is 14.4. The summed E-state index contributed by atoms with van der Waals surface area (Å²) < 4.78 is 5.33. The molecular weight excluding hydrogens is 304 g/mol. The Morgan fingerprint density at radius 2 is 1.96 bits per heavy atom. The van der Waals surface area contributed by atoms with Gasteiger partial charge in [-0.15, -0.1) is 0 Å². The molecule has 3 rings (SSSR count). The summed E-state index contributed by atoms with van der Waals surface area (Å²) in [4.78, 5) is 16.8. The molecule has 132 valence electrons. The summed E-state index contributed by atoms with van der Waals surface area (Å²) in [5.74, 6) is 0.523. The third-order valence-electron chi connectivity index (χ3n) is 4.95. The largest absolute Gasteiger partial charge is 0.390 e. The van der Waals surface area contributed by atoms with E-state index in [4.69, 9.17) is 4.74 Å². The average Bonchev–Trinajstić information content (AvgIpc) is 3.41. The number of carbonyl (C=O) groups excluding carboxylic acids is 1. The van der Waals surface area contributed by atoms with Gasteiger partial charge >= 0.3 is 0 Å². The minimum atomic E-state index is -0.521. The van der Waals surface area contributed by atoms with Gasteiger partial charge in [0.25, 0.3) is 0 Å². The van der Waals surface area contributed by atoms with Gasteiger partial charge in [0, 0.05) is 33.2 Å². The van der Waals surface area contributed by atoms with Crippen LogP contribution in [-0.4, -0.2) is 73.4 Å². The maximum atomic E-state index is 12.9. The highest BCUT2D eigenvalue weighted by molar-refractivity contribution is 5.84. The fourth-order valence-electron chi connectivity index (χ4n) is 3.49. The summed E-state index contributed by atoms with van der Waals surface area (Å²) in [5.41, 5.74) is 1.10. The topological polar surface area (TPSA) is 53.0 Å². The molecular formula is C19H28N2O3. The van der Waals surface area contributed by atoms with E-state index >= 15 is 0 Å². The van der Waals surface area contributed by atoms with Crippen molar-refractivity contribution in [3.63, 3.8) is 0 Å². The standard InChI is InChI=1S/C19H28N2O3/c1-20(13-17(22)14-21-9-11-24-12-10-21)19(23)18(16-7-8-16)15-5-3-2-4-6-15/h2-6,16-18,22H,7-14H2,1H3. The fourth-order valence-corrected chi connectivity index (χ4v) is 3.49. The van der Waals surface area contributed by atoms with Crippen LogP contribution in [0.5, 0.6) is 0 Å². The molecule has 1 heterocycles. The summed E-state index contributed by atoms with van der Waals surface area (Å²) in [6.07, 6.45) is 1.72. The molecule has 1 saturated carbocycles. The van der Waals surface area contributed by atoms with Crippen molar-refractivity contribution in [3.8, 4) is 0 Å². The van der Waals surface area contributed by atoms with Gasteiger partial charge in [-0.1, -0.05) is 30.3 Å². The molecule has 1 amide bonds. The number of aliphatic hydroxyl groups excluding tert-OH is 1. The summed E-state index contributed by atoms with van der Waals surface area (Å²) >= 11 is 0. The second-order valence-corrected chi connectivity index (χ2v) is 7.01. The Hall–Kier alpha value is -1.43. The third kappa shape index (κ3) is 4.56. The lowest BCUT2D eigenvalue weighted by molar-refractivity contribution is -0.133. The molecule has 5 heteroatoms. The van der Waals surface area contributed by atoms with Crippen LogP contribution in [0, 0.1) is 5.92 Å². The Morgan fingerprint density at radius 3 is 2.58 bits per heavy atom. The maximum absolute atomic E-state index is 12.9. The molecule has 24 heavy (non-hydrogen) atoms. The number of β-amino-alcohol motifs (C(OH)–C–C–N with tert-alkyl or cyclic N) is 1. The smallest absolute Gasteiger partial charge is 0.230 e. The molecule has 0 radical (unpaired) electrons. The first-order chi connectivity index (χ1) is 11.6. The van der Waals surface area contributed by atoms with Crippen molar-refractivity contribution in [2.24, 2.45) is 5.92 Å². The molecule has 0 bridgehead atoms. The number of ether oxygens (including phenoxy) is 1. The molecule has 0 aromatic heterocycles. The van der Waals surface area contributed by atoms with E-state index in [1.807, 2.05) is 37.4 Å². The Morgan fingerprint density at radius 1 is 1.29 bits per heavy atom. The molecule has 2 atom stereocenters. The van der Waals surface area contributed by atoms with Crippen molar-refractivity contribution in [3.05, 3.63) is 35.9 Å². The van der Waals surface area contributed by atoms with Crippen molar-refractivity contribution in [2.45, 2.75) is 24.9 Å². The normalized spacial score (nSPS) is 21.2. The van der Waals surface area contributed by atoms with Gasteiger partial charge in [-0.25, -0.2) is 0 Å². The van der Waals surface area contributed by atoms with Crippen molar-refractivity contribution < 1.29 is 14.6 Å². The Balaban J connectivity index is 1.56. The van der Waals surface area contributed by atoms with Gasteiger partial charge in [0.05, 0.1) is 25.2 Å². The molecule has 5 nitrogen and oxygen atoms in total. The first-order valence-electron chi connectivity index (χ1n) is 8.93. The van der Waals surface area contributed by atoms with E-state index in [-0.39, 0.29) is 11.8 Å². The van der Waals surface area contributed by atoms with E-state index in [1.54, 1.807) is 4.90 Å². The predicted octanol–water partition coefficient (Wildman–Crippen LogP) is 1.33. The van der Waals surface area contributed by atoms with Crippen LogP contribution in [-0.2, 0) is 9.53 Å². The lowest BCUT2D eigenvalue weighted by atomic mass is 9.92. The van der Waals surface area contributed by atoms with Crippen LogP contribution in [0.4, 0.5) is 0 Å². The molecule has 2 unspecified atom stereocenters. The number of benzene rings is 1. The number of amides is 1. The number of nitrogens with zero attached hydrogens (tertiary/aromatic N) is 2. The zero-order chi connectivity index (χ0) is 16.9. The van der Waals surface area contributed by atoms with Gasteiger partial charge < -0.3 is 14.7 Å². The number of hydrogen-bond acceptors (Lipinski definition) is 4. The van der Waals surface area contributed by atoms with Gasteiger partial charge in [-0.2, -0.15) is 0 Å². The van der Waals surface area contributed by atoms with Crippen molar-refractivity contribution in [1.29, 1.82) is 0 Å². The van der Waals surface area contributed by atoms with Crippen molar-refractivity contribution >= 4 is 5.91 Å². The van der Waals surface area contributed by atoms with E-state index in [2.05, 4.69) is 4.90 Å². The minimum Gasteiger partial charge on any atom is -0.390 e. The molecule has 2 fully saturated rings. The van der Waals surface area contributed by atoms with Crippen molar-refractivity contribution in [2.75, 3.05) is 46.4 Å². The monoisotopic (exact) mass is 332 g/mol. The molecule has 0 spiro atoms. The molecule has 2 aliphatic rings. The van der Waals surface area contributed by atoms with Crippen LogP contribution < -0.4 is 0 Å². The van der Waals surface area contributed by atoms with Gasteiger partial charge in [-0.3, -0.25) is 9.69 Å². The summed E-state index contributed by atoms with van der Waals surface area (Å²) in [7, 11) is 1.81. The number of carbonyl (C=O) groups is 1. The molecule has 1 saturated heterocycles. The molecule has 1 aromatic carbocycles. The van der Waals surface area contributed by atoms with Crippen LogP contribution in [0.25, 0.3) is 0 Å². The average molecular weight is 332 g/mol. The van der Waals surface area contributed by atoms with Crippen LogP contribution in [0.1, 0.15) is 24.3 Å². The fraction of sp³-hybridized carbons (Fsp3) is 0.632. The highest BCUT2D eigenvalue weighted by Gasteiger charge is 2.38. The lowest BCUT2D eigenvalue weighted by Crippen LogP contribution is -2.45. The van der Waals surface area contributed by atoms with E-state index in [0.717, 1.165) is 44.7 Å². The van der Waals surface area contributed by atoms with E-state index in [0.29, 0.717) is 19.0 Å². The molecule has 1 aliphatic carbocycles. The van der Waals surface area contributed by atoms with Gasteiger partial charge in [0.15, 0.2) is 0 Å². The first-order valence-corrected chi connectivity index (χ1v) is 8.93. The minimum absolute atomic E-state index is 0.0632. The Kier molecular flexibility index (Phi) is 5.87. The van der Waals surface area contributed by atoms with E-state index in [9.17, 15) is 9.90 Å². The number of hydrogen-bond donors (Lipinski definition) is 1. The SMILES string of the molecule is CN(CC(O)CN1CCOCC1)C(=O)C(c1ccccc1)C1CC1. The highest BCUT2D eigenvalue weighted by Crippen LogP contribution is 2.43. The number of aliphatic hydroxyl groups is 1. The van der Waals surface area contributed by atoms with Gasteiger partial charge in [-0.05, 0) is 24.3 Å². The van der Waals surface area contributed by atoms with Crippen LogP contribution in [0.3, 0.4) is 0 Å². The molecule has 1 aromatic rings. The summed E-state index contributed by atoms with van der Waals surface area (Å²) in [6.45, 7) is 4.12. The lowest BCUT2D eigenvalue weighted by Gasteiger charge is -2.31. The predicted molar refractivity (Wildman–Crippen MR) is 92.8 cm³/mol. The summed E-state index contributed by atoms with van der Waals surface area (Å²) in [6, 6.07) is 10.0. The van der Waals surface area contributed by atoms with Crippen LogP contribution in [0.15, 0.2) is 30.3 Å². The first kappa shape index (κ1) is 17.4. The number of morpholine rings is 1. The van der Waals surface area contributed by atoms with Crippen LogP contribution in [0.2, 0.25) is 0 Å². The van der Waals surface area contributed by atoms with Crippen molar-refractivity contribution in [1.82, 2.24) is 9.80 Å². The quantitative estimate of drug-likeness (QED) is 0.818. The van der Waals surface area contributed by atoms with Gasteiger partial charge in [0.2, 0.25) is 5.91 Å². The number of likely N-dealkylation sites (N-methyl/N-ethyl adjacent to an activating group) is 1. The Labute approximate surface area is 144 Å². The van der Waals surface area contributed by atoms with Crippen LogP contribution >= 0.6 is 0 Å². The van der Waals surface area contributed by atoms with E-state index < -0.39 is 6.10 Å². The number of rotatable bonds is 7. The third-order valence-corrected chi connectivity index (χ3v) is 4.95. The molecule has 1 aliphatic heterocycles. The Bertz CT molecular complexity index is 527. The summed E-state index contributed by atoms with van der Waals surface area (Å²) in [5, 5.41) is 10.4. The zero-order valence-corrected chi connectivity index (χ0v) is 14.4. The molecule has 1 N–H and O–H groups in total. The maximum Gasteiger partial charge on any atom is 0.230 e. The second-order valence-electron chi connectivity index (χ2n) is 7.01. The highest BCUT2D eigenvalue weighted by atomic mass is 16.5. The van der Waals surface area contributed by atoms with Gasteiger partial charge in [0.1, 0.15) is 0 Å². The second kappa shape index (κ2) is 8.10.